The largest absolute Gasteiger partial charge is 0.374 e. The molecule has 0 amide bonds. The van der Waals surface area contributed by atoms with Crippen LogP contribution in [0, 0.1) is 11.3 Å². The molecular weight excluding hydrogens is 134 g/mol. The van der Waals surface area contributed by atoms with Gasteiger partial charge in [0.05, 0.1) is 12.0 Å². The van der Waals surface area contributed by atoms with E-state index in [2.05, 4.69) is 6.07 Å². The zero-order valence-corrected chi connectivity index (χ0v) is 6.41. The first-order valence-electron chi connectivity index (χ1n) is 2.85. The number of ether oxygens (including phenoxy) is 1. The van der Waals surface area contributed by atoms with Gasteiger partial charge in [-0.2, -0.15) is 5.26 Å². The predicted molar refractivity (Wildman–Crippen MR) is 39.2 cm³/mol. The molecule has 3 heteroatoms. The molecule has 0 aromatic heterocycles. The summed E-state index contributed by atoms with van der Waals surface area (Å²) in [7, 11) is 1.68. The molecule has 0 aromatic carbocycles. The molecule has 0 unspecified atom stereocenters. The van der Waals surface area contributed by atoms with Gasteiger partial charge in [-0.05, 0) is 12.2 Å². The Morgan fingerprint density at radius 2 is 2.44 bits per heavy atom. The summed E-state index contributed by atoms with van der Waals surface area (Å²) in [5, 5.41) is 8.13. The van der Waals surface area contributed by atoms with Crippen LogP contribution in [0.15, 0.2) is 0 Å². The molecule has 0 radical (unpaired) electrons. The molecule has 0 rings (SSSR count). The quantitative estimate of drug-likeness (QED) is 0.435. The molecule has 0 heterocycles. The van der Waals surface area contributed by atoms with Crippen molar-refractivity contribution in [3.05, 3.63) is 0 Å². The monoisotopic (exact) mass is 145 g/mol. The zero-order chi connectivity index (χ0) is 6.95. The number of hydrogen-bond acceptors (Lipinski definition) is 3. The molecule has 2 nitrogen and oxygen atoms in total. The highest BCUT2D eigenvalue weighted by molar-refractivity contribution is 7.99. The van der Waals surface area contributed by atoms with Crippen molar-refractivity contribution in [2.24, 2.45) is 0 Å². The summed E-state index contributed by atoms with van der Waals surface area (Å²) in [6.07, 6.45) is 1.64. The maximum Gasteiger partial charge on any atom is 0.0917 e. The number of unbranched alkanes of at least 4 members (excludes halogenated alkanes) is 1. The lowest BCUT2D eigenvalue weighted by Crippen LogP contribution is -1.84. The second-order valence-corrected chi connectivity index (χ2v) is 2.63. The summed E-state index contributed by atoms with van der Waals surface area (Å²) >= 11 is 1.72. The van der Waals surface area contributed by atoms with Crippen molar-refractivity contribution in [2.75, 3.05) is 18.8 Å². The standard InChI is InChI=1S/C6H11NOS/c1-8-6-9-5-3-2-4-7/h2-3,5-6H2,1H3. The Hall–Kier alpha value is -0.200. The van der Waals surface area contributed by atoms with E-state index >= 15 is 0 Å². The van der Waals surface area contributed by atoms with Crippen LogP contribution in [0.2, 0.25) is 0 Å². The molecular formula is C6H11NOS. The molecule has 0 aliphatic rings. The molecule has 0 N–H and O–H groups in total. The van der Waals surface area contributed by atoms with Crippen molar-refractivity contribution < 1.29 is 4.74 Å². The Morgan fingerprint density at radius 3 is 3.00 bits per heavy atom. The third-order valence-electron chi connectivity index (χ3n) is 0.778. The van der Waals surface area contributed by atoms with E-state index in [0.29, 0.717) is 6.42 Å². The van der Waals surface area contributed by atoms with Crippen LogP contribution in [0.5, 0.6) is 0 Å². The van der Waals surface area contributed by atoms with E-state index in [1.54, 1.807) is 18.9 Å². The van der Waals surface area contributed by atoms with E-state index < -0.39 is 0 Å². The summed E-state index contributed by atoms with van der Waals surface area (Å²) in [5.74, 6) is 1.77. The molecule has 0 bridgehead atoms. The van der Waals surface area contributed by atoms with Gasteiger partial charge in [-0.25, -0.2) is 0 Å². The van der Waals surface area contributed by atoms with Gasteiger partial charge in [0, 0.05) is 13.5 Å². The fourth-order valence-corrected chi connectivity index (χ4v) is 1.03. The summed E-state index contributed by atoms with van der Waals surface area (Å²) < 4.78 is 4.80. The minimum absolute atomic E-state index is 0.663. The highest BCUT2D eigenvalue weighted by Gasteiger charge is 1.85. The first-order valence-corrected chi connectivity index (χ1v) is 4.01. The Labute approximate surface area is 60.2 Å². The molecule has 52 valence electrons. The van der Waals surface area contributed by atoms with Gasteiger partial charge in [0.2, 0.25) is 0 Å². The second kappa shape index (κ2) is 7.80. The maximum absolute atomic E-state index is 8.13. The Bertz CT molecular complexity index is 89.5. The van der Waals surface area contributed by atoms with E-state index in [9.17, 15) is 0 Å². The lowest BCUT2D eigenvalue weighted by atomic mass is 10.4. The van der Waals surface area contributed by atoms with Crippen LogP contribution in [0.3, 0.4) is 0 Å². The van der Waals surface area contributed by atoms with Crippen LogP contribution in [-0.4, -0.2) is 18.8 Å². The third-order valence-corrected chi connectivity index (χ3v) is 1.76. The zero-order valence-electron chi connectivity index (χ0n) is 5.59. The van der Waals surface area contributed by atoms with Crippen molar-refractivity contribution in [1.29, 1.82) is 5.26 Å². The SMILES string of the molecule is COCSCCCC#N. The van der Waals surface area contributed by atoms with E-state index in [4.69, 9.17) is 10.00 Å². The Kier molecular flexibility index (Phi) is 7.63. The number of rotatable bonds is 5. The van der Waals surface area contributed by atoms with Crippen LogP contribution >= 0.6 is 11.8 Å². The fraction of sp³-hybridized carbons (Fsp3) is 0.833. The van der Waals surface area contributed by atoms with Gasteiger partial charge in [-0.15, -0.1) is 11.8 Å². The van der Waals surface area contributed by atoms with Crippen molar-refractivity contribution in [1.82, 2.24) is 0 Å². The minimum Gasteiger partial charge on any atom is -0.374 e. The van der Waals surface area contributed by atoms with E-state index in [1.165, 1.54) is 0 Å². The van der Waals surface area contributed by atoms with Gasteiger partial charge in [0.25, 0.3) is 0 Å². The van der Waals surface area contributed by atoms with Crippen LogP contribution in [0.25, 0.3) is 0 Å². The third kappa shape index (κ3) is 7.80. The topological polar surface area (TPSA) is 33.0 Å². The second-order valence-electron chi connectivity index (χ2n) is 1.58. The van der Waals surface area contributed by atoms with Crippen molar-refractivity contribution in [3.63, 3.8) is 0 Å². The fourth-order valence-electron chi connectivity index (χ4n) is 0.396. The lowest BCUT2D eigenvalue weighted by molar-refractivity contribution is 0.259. The lowest BCUT2D eigenvalue weighted by Gasteiger charge is -1.94. The van der Waals surface area contributed by atoms with Gasteiger partial charge in [-0.3, -0.25) is 0 Å². The Morgan fingerprint density at radius 1 is 1.67 bits per heavy atom. The summed E-state index contributed by atoms with van der Waals surface area (Å²) in [4.78, 5) is 0. The van der Waals surface area contributed by atoms with Crippen molar-refractivity contribution in [2.45, 2.75) is 12.8 Å². The van der Waals surface area contributed by atoms with E-state index in [-0.39, 0.29) is 0 Å². The molecule has 0 saturated heterocycles. The van der Waals surface area contributed by atoms with Gasteiger partial charge in [0.15, 0.2) is 0 Å². The normalized spacial score (nSPS) is 8.89. The average Bonchev–Trinajstić information content (AvgIpc) is 1.89. The molecule has 0 saturated carbocycles. The summed E-state index contributed by atoms with van der Waals surface area (Å²) in [5.41, 5.74) is 0. The average molecular weight is 145 g/mol. The highest BCUT2D eigenvalue weighted by Crippen LogP contribution is 2.02. The van der Waals surface area contributed by atoms with Gasteiger partial charge in [-0.1, -0.05) is 0 Å². The smallest absolute Gasteiger partial charge is 0.0917 e. The molecule has 0 atom stereocenters. The first-order chi connectivity index (χ1) is 4.41. The minimum atomic E-state index is 0.663. The Balaban J connectivity index is 2.69. The van der Waals surface area contributed by atoms with Gasteiger partial charge >= 0.3 is 0 Å². The van der Waals surface area contributed by atoms with Gasteiger partial charge < -0.3 is 4.74 Å². The van der Waals surface area contributed by atoms with Crippen LogP contribution in [-0.2, 0) is 4.74 Å². The number of nitriles is 1. The van der Waals surface area contributed by atoms with E-state index in [0.717, 1.165) is 18.1 Å². The van der Waals surface area contributed by atoms with Crippen LogP contribution in [0.4, 0.5) is 0 Å². The first kappa shape index (κ1) is 8.80. The van der Waals surface area contributed by atoms with Gasteiger partial charge in [0.1, 0.15) is 0 Å². The molecule has 0 aromatic rings. The number of thioether (sulfide) groups is 1. The molecule has 0 spiro atoms. The highest BCUT2D eigenvalue weighted by atomic mass is 32.2. The number of hydrogen-bond donors (Lipinski definition) is 0. The molecule has 9 heavy (non-hydrogen) atoms. The number of methoxy groups -OCH3 is 1. The molecule has 0 aliphatic carbocycles. The number of nitrogens with zero attached hydrogens (tertiary/aromatic N) is 1. The molecule has 0 fully saturated rings. The van der Waals surface area contributed by atoms with E-state index in [1.807, 2.05) is 0 Å². The van der Waals surface area contributed by atoms with Crippen LogP contribution < -0.4 is 0 Å². The summed E-state index contributed by atoms with van der Waals surface area (Å²) in [6.45, 7) is 0. The maximum atomic E-state index is 8.13. The predicted octanol–water partition coefficient (Wildman–Crippen LogP) is 1.63. The molecule has 0 aliphatic heterocycles. The van der Waals surface area contributed by atoms with Crippen molar-refractivity contribution >= 4 is 11.8 Å². The summed E-state index contributed by atoms with van der Waals surface area (Å²) in [6, 6.07) is 2.09. The van der Waals surface area contributed by atoms with Crippen LogP contribution in [0.1, 0.15) is 12.8 Å². The van der Waals surface area contributed by atoms with Crippen molar-refractivity contribution in [3.8, 4) is 6.07 Å².